The van der Waals surface area contributed by atoms with Crippen LogP contribution in [0.2, 0.25) is 0 Å². The largest absolute Gasteiger partial charge is 0.304 e. The molecule has 4 heteroatoms. The molecule has 1 aromatic heterocycles. The van der Waals surface area contributed by atoms with Crippen LogP contribution in [0.5, 0.6) is 0 Å². The molecule has 1 heterocycles. The average Bonchev–Trinajstić information content (AvgIpc) is 2.77. The van der Waals surface area contributed by atoms with Crippen molar-refractivity contribution in [2.75, 3.05) is 0 Å². The van der Waals surface area contributed by atoms with Gasteiger partial charge in [0.25, 0.3) is 0 Å². The predicted molar refractivity (Wildman–Crippen MR) is 73.2 cm³/mol. The molecule has 0 spiro atoms. The van der Waals surface area contributed by atoms with Crippen molar-refractivity contribution in [2.45, 2.75) is 33.4 Å². The van der Waals surface area contributed by atoms with Crippen LogP contribution in [0.25, 0.3) is 0 Å². The minimum Gasteiger partial charge on any atom is -0.304 e. The number of rotatable bonds is 4. The Bertz CT molecular complexity index is 536. The molecule has 1 N–H and O–H groups in total. The smallest absolute Gasteiger partial charge is 0.126 e. The van der Waals surface area contributed by atoms with E-state index in [9.17, 15) is 4.39 Å². The minimum absolute atomic E-state index is 0.146. The third-order valence-corrected chi connectivity index (χ3v) is 3.95. The molecule has 0 aliphatic heterocycles. The van der Waals surface area contributed by atoms with Crippen LogP contribution in [0.4, 0.5) is 4.39 Å². The lowest BCUT2D eigenvalue weighted by atomic mass is 10.1. The highest BCUT2D eigenvalue weighted by Crippen LogP contribution is 2.19. The van der Waals surface area contributed by atoms with E-state index in [1.807, 2.05) is 25.3 Å². The van der Waals surface area contributed by atoms with E-state index in [-0.39, 0.29) is 11.9 Å². The summed E-state index contributed by atoms with van der Waals surface area (Å²) in [5.74, 6) is -0.146. The van der Waals surface area contributed by atoms with Crippen LogP contribution in [0.3, 0.4) is 0 Å². The van der Waals surface area contributed by atoms with Crippen LogP contribution in [0.1, 0.15) is 34.0 Å². The van der Waals surface area contributed by atoms with E-state index in [0.29, 0.717) is 12.1 Å². The minimum atomic E-state index is -0.146. The molecule has 2 nitrogen and oxygen atoms in total. The number of halogens is 1. The van der Waals surface area contributed by atoms with Crippen LogP contribution >= 0.6 is 11.3 Å². The molecule has 0 fully saturated rings. The monoisotopic (exact) mass is 264 g/mol. The Morgan fingerprint density at radius 3 is 2.78 bits per heavy atom. The molecule has 0 saturated heterocycles. The molecule has 2 aromatic rings. The first-order valence-corrected chi connectivity index (χ1v) is 6.78. The van der Waals surface area contributed by atoms with Crippen LogP contribution < -0.4 is 5.32 Å². The van der Waals surface area contributed by atoms with Crippen LogP contribution in [-0.2, 0) is 6.54 Å². The van der Waals surface area contributed by atoms with Gasteiger partial charge in [-0.25, -0.2) is 9.37 Å². The van der Waals surface area contributed by atoms with Gasteiger partial charge in [-0.1, -0.05) is 12.1 Å². The number of aromatic nitrogens is 1. The summed E-state index contributed by atoms with van der Waals surface area (Å²) in [5, 5.41) is 4.43. The van der Waals surface area contributed by atoms with Crippen LogP contribution in [0.15, 0.2) is 24.4 Å². The fourth-order valence-corrected chi connectivity index (χ4v) is 2.48. The van der Waals surface area contributed by atoms with Crippen molar-refractivity contribution in [3.8, 4) is 0 Å². The molecule has 0 aliphatic carbocycles. The molecule has 0 bridgehead atoms. The van der Waals surface area contributed by atoms with Crippen LogP contribution in [0, 0.1) is 19.7 Å². The first-order chi connectivity index (χ1) is 8.56. The second-order valence-corrected chi connectivity index (χ2v) is 5.76. The van der Waals surface area contributed by atoms with E-state index in [1.165, 1.54) is 4.88 Å². The summed E-state index contributed by atoms with van der Waals surface area (Å²) in [7, 11) is 0. The molecule has 0 saturated carbocycles. The van der Waals surface area contributed by atoms with Crippen molar-refractivity contribution in [1.29, 1.82) is 0 Å². The maximum absolute atomic E-state index is 13.4. The van der Waals surface area contributed by atoms with Gasteiger partial charge in [-0.3, -0.25) is 0 Å². The van der Waals surface area contributed by atoms with Crippen molar-refractivity contribution < 1.29 is 4.39 Å². The Hall–Kier alpha value is -1.26. The summed E-state index contributed by atoms with van der Waals surface area (Å²) >= 11 is 1.69. The van der Waals surface area contributed by atoms with E-state index in [4.69, 9.17) is 0 Å². The van der Waals surface area contributed by atoms with Gasteiger partial charge in [0.05, 0.1) is 6.04 Å². The number of nitrogens with zero attached hydrogens (tertiary/aromatic N) is 1. The molecule has 0 radical (unpaired) electrons. The molecule has 0 amide bonds. The number of hydrogen-bond acceptors (Lipinski definition) is 3. The lowest BCUT2D eigenvalue weighted by Crippen LogP contribution is -2.18. The van der Waals surface area contributed by atoms with Gasteiger partial charge in [0.15, 0.2) is 0 Å². The van der Waals surface area contributed by atoms with Crippen molar-refractivity contribution in [3.05, 3.63) is 51.2 Å². The van der Waals surface area contributed by atoms with E-state index in [2.05, 4.69) is 17.2 Å². The molecule has 1 atom stereocenters. The molecular weight excluding hydrogens is 247 g/mol. The Morgan fingerprint density at radius 2 is 2.17 bits per heavy atom. The normalized spacial score (nSPS) is 12.7. The van der Waals surface area contributed by atoms with E-state index >= 15 is 0 Å². The topological polar surface area (TPSA) is 24.9 Å². The third-order valence-electron chi connectivity index (χ3n) is 2.86. The number of hydrogen-bond donors (Lipinski definition) is 1. The summed E-state index contributed by atoms with van der Waals surface area (Å²) in [4.78, 5) is 5.55. The fraction of sp³-hybridized carbons (Fsp3) is 0.357. The predicted octanol–water partition coefficient (Wildman–Crippen LogP) is 3.75. The average molecular weight is 264 g/mol. The Kier molecular flexibility index (Phi) is 4.09. The van der Waals surface area contributed by atoms with Gasteiger partial charge in [-0.2, -0.15) is 0 Å². The van der Waals surface area contributed by atoms with Gasteiger partial charge in [-0.15, -0.1) is 11.3 Å². The second kappa shape index (κ2) is 5.59. The Labute approximate surface area is 111 Å². The van der Waals surface area contributed by atoms with E-state index in [0.717, 1.165) is 10.6 Å². The maximum atomic E-state index is 13.4. The number of benzene rings is 1. The molecule has 0 aliphatic rings. The highest BCUT2D eigenvalue weighted by atomic mass is 32.1. The zero-order valence-electron chi connectivity index (χ0n) is 10.8. The molecule has 1 unspecified atom stereocenters. The Morgan fingerprint density at radius 1 is 1.39 bits per heavy atom. The van der Waals surface area contributed by atoms with Gasteiger partial charge < -0.3 is 5.32 Å². The first-order valence-electron chi connectivity index (χ1n) is 5.97. The standard InChI is InChI=1S/C14H17FN2S/c1-9-4-5-12(6-13(9)15)8-16-11(3)14-17-7-10(2)18-14/h4-7,11,16H,8H2,1-3H3. The number of nitrogens with one attached hydrogen (secondary N) is 1. The summed E-state index contributed by atoms with van der Waals surface area (Å²) in [6, 6.07) is 5.53. The van der Waals surface area contributed by atoms with Gasteiger partial charge in [0, 0.05) is 17.6 Å². The lowest BCUT2D eigenvalue weighted by Gasteiger charge is -2.11. The Balaban J connectivity index is 1.97. The third kappa shape index (κ3) is 3.15. The van der Waals surface area contributed by atoms with Crippen molar-refractivity contribution >= 4 is 11.3 Å². The first kappa shape index (κ1) is 13.2. The van der Waals surface area contributed by atoms with Gasteiger partial charge in [0.1, 0.15) is 10.8 Å². The van der Waals surface area contributed by atoms with Gasteiger partial charge in [-0.05, 0) is 38.0 Å². The highest BCUT2D eigenvalue weighted by Gasteiger charge is 2.09. The highest BCUT2D eigenvalue weighted by molar-refractivity contribution is 7.11. The van der Waals surface area contributed by atoms with Crippen molar-refractivity contribution in [1.82, 2.24) is 10.3 Å². The summed E-state index contributed by atoms with van der Waals surface area (Å²) in [6.45, 7) is 6.54. The second-order valence-electron chi connectivity index (χ2n) is 4.50. The zero-order chi connectivity index (χ0) is 13.1. The number of thiazole rings is 1. The molecule has 1 aromatic carbocycles. The molecular formula is C14H17FN2S. The summed E-state index contributed by atoms with van der Waals surface area (Å²) < 4.78 is 13.4. The van der Waals surface area contributed by atoms with Crippen molar-refractivity contribution in [3.63, 3.8) is 0 Å². The maximum Gasteiger partial charge on any atom is 0.126 e. The lowest BCUT2D eigenvalue weighted by molar-refractivity contribution is 0.565. The zero-order valence-corrected chi connectivity index (χ0v) is 11.6. The van der Waals surface area contributed by atoms with Gasteiger partial charge in [0.2, 0.25) is 0 Å². The number of aryl methyl sites for hydroxylation is 2. The SMILES string of the molecule is Cc1cnc(C(C)NCc2ccc(C)c(F)c2)s1. The quantitative estimate of drug-likeness (QED) is 0.909. The summed E-state index contributed by atoms with van der Waals surface area (Å²) in [6.07, 6.45) is 1.88. The van der Waals surface area contributed by atoms with Gasteiger partial charge >= 0.3 is 0 Å². The fourth-order valence-electron chi connectivity index (χ4n) is 1.68. The van der Waals surface area contributed by atoms with E-state index < -0.39 is 0 Å². The van der Waals surface area contributed by atoms with Crippen molar-refractivity contribution in [2.24, 2.45) is 0 Å². The van der Waals surface area contributed by atoms with Crippen LogP contribution in [-0.4, -0.2) is 4.98 Å². The molecule has 18 heavy (non-hydrogen) atoms. The molecule has 96 valence electrons. The van der Waals surface area contributed by atoms with E-state index in [1.54, 1.807) is 24.3 Å². The molecule has 2 rings (SSSR count). The summed E-state index contributed by atoms with van der Waals surface area (Å²) in [5.41, 5.74) is 1.64.